The van der Waals surface area contributed by atoms with Gasteiger partial charge in [0.05, 0.1) is 11.7 Å². The van der Waals surface area contributed by atoms with E-state index in [4.69, 9.17) is 4.74 Å². The highest BCUT2D eigenvalue weighted by atomic mass is 16.5. The number of pyridine rings is 1. The van der Waals surface area contributed by atoms with Crippen molar-refractivity contribution in [1.82, 2.24) is 14.3 Å². The summed E-state index contributed by atoms with van der Waals surface area (Å²) in [5.74, 6) is -0.0433. The number of hydrogen-bond acceptors (Lipinski definition) is 4. The molecular formula is C18H23N3O3. The van der Waals surface area contributed by atoms with Crippen LogP contribution in [0.3, 0.4) is 0 Å². The molecule has 1 atom stereocenters. The average molecular weight is 329 g/mol. The van der Waals surface area contributed by atoms with E-state index < -0.39 is 11.7 Å². The Balaban J connectivity index is 1.50. The van der Waals surface area contributed by atoms with E-state index in [2.05, 4.69) is 4.98 Å². The van der Waals surface area contributed by atoms with E-state index >= 15 is 0 Å². The first-order chi connectivity index (χ1) is 11.6. The number of aliphatic hydroxyl groups is 1. The van der Waals surface area contributed by atoms with Crippen molar-refractivity contribution in [2.75, 3.05) is 19.7 Å². The first-order valence-corrected chi connectivity index (χ1v) is 8.65. The molecule has 6 nitrogen and oxygen atoms in total. The smallest absolute Gasteiger partial charge is 0.274 e. The summed E-state index contributed by atoms with van der Waals surface area (Å²) in [4.78, 5) is 19.1. The fourth-order valence-electron chi connectivity index (χ4n) is 3.90. The lowest BCUT2D eigenvalue weighted by Gasteiger charge is -2.46. The minimum Gasteiger partial charge on any atom is -0.390 e. The summed E-state index contributed by atoms with van der Waals surface area (Å²) in [7, 11) is 0. The molecule has 6 heteroatoms. The highest BCUT2D eigenvalue weighted by Gasteiger charge is 2.44. The molecule has 1 amide bonds. The number of imidazole rings is 1. The van der Waals surface area contributed by atoms with Crippen LogP contribution in [0.4, 0.5) is 0 Å². The molecule has 0 bridgehead atoms. The van der Waals surface area contributed by atoms with Gasteiger partial charge in [-0.3, -0.25) is 4.79 Å². The fraction of sp³-hybridized carbons (Fsp3) is 0.556. The van der Waals surface area contributed by atoms with E-state index in [1.54, 1.807) is 6.20 Å². The number of aryl methyl sites for hydroxylation is 1. The summed E-state index contributed by atoms with van der Waals surface area (Å²) in [6.07, 6.45) is 6.36. The summed E-state index contributed by atoms with van der Waals surface area (Å²) < 4.78 is 7.80. The number of fused-ring (bicyclic) bond motifs is 1. The topological polar surface area (TPSA) is 67.1 Å². The predicted molar refractivity (Wildman–Crippen MR) is 89.0 cm³/mol. The van der Waals surface area contributed by atoms with Crippen molar-refractivity contribution in [3.63, 3.8) is 0 Å². The second-order valence-electron chi connectivity index (χ2n) is 6.91. The van der Waals surface area contributed by atoms with Crippen molar-refractivity contribution in [2.24, 2.45) is 0 Å². The molecule has 4 heterocycles. The Labute approximate surface area is 141 Å². The molecule has 0 radical (unpaired) electrons. The molecule has 4 rings (SSSR count). The Morgan fingerprint density at radius 3 is 2.92 bits per heavy atom. The number of ether oxygens (including phenoxy) is 1. The Hall–Kier alpha value is -1.92. The SMILES string of the molecule is Cc1cccn2cc(C(=O)N3CCC4(CC3)OCCC[C@@H]4O)nc12. The van der Waals surface area contributed by atoms with Gasteiger partial charge in [0.25, 0.3) is 5.91 Å². The summed E-state index contributed by atoms with van der Waals surface area (Å²) >= 11 is 0. The lowest BCUT2D eigenvalue weighted by molar-refractivity contribution is -0.174. The van der Waals surface area contributed by atoms with Crippen LogP contribution < -0.4 is 0 Å². The molecule has 0 unspecified atom stereocenters. The highest BCUT2D eigenvalue weighted by molar-refractivity contribution is 5.93. The van der Waals surface area contributed by atoms with Crippen LogP contribution in [0.2, 0.25) is 0 Å². The predicted octanol–water partition coefficient (Wildman–Crippen LogP) is 1.79. The molecule has 0 saturated carbocycles. The van der Waals surface area contributed by atoms with Crippen LogP contribution in [0, 0.1) is 6.92 Å². The van der Waals surface area contributed by atoms with Gasteiger partial charge in [-0.05, 0) is 44.2 Å². The van der Waals surface area contributed by atoms with Gasteiger partial charge in [0.15, 0.2) is 0 Å². The molecular weight excluding hydrogens is 306 g/mol. The minimum atomic E-state index is -0.454. The molecule has 24 heavy (non-hydrogen) atoms. The number of carbonyl (C=O) groups excluding carboxylic acids is 1. The van der Waals surface area contributed by atoms with E-state index in [-0.39, 0.29) is 5.91 Å². The fourth-order valence-corrected chi connectivity index (χ4v) is 3.90. The summed E-state index contributed by atoms with van der Waals surface area (Å²) in [5.41, 5.74) is 1.89. The second kappa shape index (κ2) is 5.86. The normalized spacial score (nSPS) is 23.8. The molecule has 1 N–H and O–H groups in total. The third-order valence-corrected chi connectivity index (χ3v) is 5.41. The maximum absolute atomic E-state index is 12.8. The zero-order valence-corrected chi connectivity index (χ0v) is 13.9. The molecule has 2 fully saturated rings. The largest absolute Gasteiger partial charge is 0.390 e. The molecule has 0 aromatic carbocycles. The zero-order chi connectivity index (χ0) is 16.7. The van der Waals surface area contributed by atoms with Crippen molar-refractivity contribution in [3.8, 4) is 0 Å². The zero-order valence-electron chi connectivity index (χ0n) is 13.9. The van der Waals surface area contributed by atoms with Crippen LogP contribution in [-0.2, 0) is 4.74 Å². The van der Waals surface area contributed by atoms with Crippen LogP contribution in [-0.4, -0.2) is 56.7 Å². The Bertz CT molecular complexity index is 762. The van der Waals surface area contributed by atoms with Crippen LogP contribution >= 0.6 is 0 Å². The molecule has 2 aromatic rings. The maximum Gasteiger partial charge on any atom is 0.274 e. The number of rotatable bonds is 1. The van der Waals surface area contributed by atoms with Gasteiger partial charge in [0.2, 0.25) is 0 Å². The van der Waals surface area contributed by atoms with Crippen molar-refractivity contribution >= 4 is 11.6 Å². The van der Waals surface area contributed by atoms with E-state index in [0.717, 1.165) is 24.1 Å². The van der Waals surface area contributed by atoms with Crippen LogP contribution in [0.15, 0.2) is 24.5 Å². The number of hydrogen-bond donors (Lipinski definition) is 1. The van der Waals surface area contributed by atoms with Crippen molar-refractivity contribution in [2.45, 2.75) is 44.3 Å². The number of aliphatic hydroxyl groups excluding tert-OH is 1. The average Bonchev–Trinajstić information content (AvgIpc) is 3.03. The van der Waals surface area contributed by atoms with Gasteiger partial charge < -0.3 is 19.1 Å². The Morgan fingerprint density at radius 2 is 2.21 bits per heavy atom. The third kappa shape index (κ3) is 2.50. The standard InChI is InChI=1S/C18H23N3O3/c1-13-4-2-8-21-12-14(19-16(13)21)17(23)20-9-6-18(7-10-20)15(22)5-3-11-24-18/h2,4,8,12,15,22H,3,5-7,9-11H2,1H3/t15-/m0/s1. The summed E-state index contributed by atoms with van der Waals surface area (Å²) in [6.45, 7) is 3.89. The van der Waals surface area contributed by atoms with Gasteiger partial charge in [0.1, 0.15) is 11.3 Å². The van der Waals surface area contributed by atoms with Gasteiger partial charge in [0, 0.05) is 32.1 Å². The number of carbonyl (C=O) groups is 1. The third-order valence-electron chi connectivity index (χ3n) is 5.41. The Morgan fingerprint density at radius 1 is 1.42 bits per heavy atom. The number of nitrogens with zero attached hydrogens (tertiary/aromatic N) is 3. The minimum absolute atomic E-state index is 0.0433. The molecule has 2 aliphatic heterocycles. The lowest BCUT2D eigenvalue weighted by Crippen LogP contribution is -2.56. The van der Waals surface area contributed by atoms with Gasteiger partial charge in [-0.25, -0.2) is 4.98 Å². The highest BCUT2D eigenvalue weighted by Crippen LogP contribution is 2.35. The van der Waals surface area contributed by atoms with Gasteiger partial charge in [-0.1, -0.05) is 6.07 Å². The monoisotopic (exact) mass is 329 g/mol. The molecule has 0 aliphatic carbocycles. The van der Waals surface area contributed by atoms with Gasteiger partial charge in [-0.15, -0.1) is 0 Å². The number of piperidine rings is 1. The van der Waals surface area contributed by atoms with Crippen LogP contribution in [0.25, 0.3) is 5.65 Å². The number of aromatic nitrogens is 2. The van der Waals surface area contributed by atoms with Crippen LogP contribution in [0.5, 0.6) is 0 Å². The van der Waals surface area contributed by atoms with Gasteiger partial charge >= 0.3 is 0 Å². The Kier molecular flexibility index (Phi) is 3.81. The molecule has 2 aromatic heterocycles. The quantitative estimate of drug-likeness (QED) is 0.866. The van der Waals surface area contributed by atoms with Crippen LogP contribution in [0.1, 0.15) is 41.7 Å². The first-order valence-electron chi connectivity index (χ1n) is 8.65. The van der Waals surface area contributed by atoms with E-state index in [1.165, 1.54) is 0 Å². The molecule has 128 valence electrons. The molecule has 2 aliphatic rings. The maximum atomic E-state index is 12.8. The molecule has 2 saturated heterocycles. The second-order valence-corrected chi connectivity index (χ2v) is 6.91. The van der Waals surface area contributed by atoms with Crippen molar-refractivity contribution < 1.29 is 14.6 Å². The van der Waals surface area contributed by atoms with E-state index in [1.807, 2.05) is 34.6 Å². The van der Waals surface area contributed by atoms with Crippen molar-refractivity contribution in [3.05, 3.63) is 35.8 Å². The summed E-state index contributed by atoms with van der Waals surface area (Å²) in [5, 5.41) is 10.3. The van der Waals surface area contributed by atoms with E-state index in [0.29, 0.717) is 38.2 Å². The number of likely N-dealkylation sites (tertiary alicyclic amines) is 1. The first kappa shape index (κ1) is 15.6. The molecule has 1 spiro atoms. The lowest BCUT2D eigenvalue weighted by atomic mass is 9.82. The number of amides is 1. The van der Waals surface area contributed by atoms with Gasteiger partial charge in [-0.2, -0.15) is 0 Å². The van der Waals surface area contributed by atoms with E-state index in [9.17, 15) is 9.90 Å². The van der Waals surface area contributed by atoms with Crippen molar-refractivity contribution in [1.29, 1.82) is 0 Å². The summed E-state index contributed by atoms with van der Waals surface area (Å²) in [6, 6.07) is 3.94.